The normalized spacial score (nSPS) is 28.4. The Bertz CT molecular complexity index is 1210. The van der Waals surface area contributed by atoms with Gasteiger partial charge in [0.2, 0.25) is 5.91 Å². The van der Waals surface area contributed by atoms with Crippen LogP contribution in [0.1, 0.15) is 149 Å². The van der Waals surface area contributed by atoms with Crippen LogP contribution in [0.2, 0.25) is 0 Å². The SMILES string of the molecule is CCCCCC/C=C\CCCCCCCC(=O)NC(COC1OC(CO)C(OC2OC(CO)C(O)C(O)C2O)C(O)C1O)C(O)/C=C/CC/C=C/CC/C=C/CCCCCC. The molecule has 0 saturated carbocycles. The summed E-state index contributed by atoms with van der Waals surface area (Å²) in [7, 11) is 0. The van der Waals surface area contributed by atoms with Gasteiger partial charge >= 0.3 is 0 Å². The highest BCUT2D eigenvalue weighted by molar-refractivity contribution is 5.76. The maximum absolute atomic E-state index is 13.1. The Hall–Kier alpha value is -2.05. The van der Waals surface area contributed by atoms with Gasteiger partial charge in [0.15, 0.2) is 12.6 Å². The summed E-state index contributed by atoms with van der Waals surface area (Å²) < 4.78 is 22.6. The molecule has 14 nitrogen and oxygen atoms in total. The maximum atomic E-state index is 13.1. The summed E-state index contributed by atoms with van der Waals surface area (Å²) in [5.74, 6) is -0.267. The summed E-state index contributed by atoms with van der Waals surface area (Å²) >= 11 is 0. The zero-order valence-electron chi connectivity index (χ0n) is 37.1. The van der Waals surface area contributed by atoms with Crippen LogP contribution in [-0.4, -0.2) is 140 Å². The Morgan fingerprint density at radius 2 is 1.05 bits per heavy atom. The van der Waals surface area contributed by atoms with Crippen LogP contribution < -0.4 is 5.32 Å². The van der Waals surface area contributed by atoms with Gasteiger partial charge < -0.3 is 65.1 Å². The van der Waals surface area contributed by atoms with Crippen LogP contribution in [0, 0.1) is 0 Å². The topological polar surface area (TPSA) is 228 Å². The molecule has 9 N–H and O–H groups in total. The van der Waals surface area contributed by atoms with E-state index in [2.05, 4.69) is 55.6 Å². The molecule has 2 heterocycles. The molecule has 0 aliphatic carbocycles. The van der Waals surface area contributed by atoms with Gasteiger partial charge in [-0.15, -0.1) is 0 Å². The smallest absolute Gasteiger partial charge is 0.220 e. The summed E-state index contributed by atoms with van der Waals surface area (Å²) in [5.41, 5.74) is 0. The van der Waals surface area contributed by atoms with Crippen molar-refractivity contribution in [3.05, 3.63) is 48.6 Å². The van der Waals surface area contributed by atoms with E-state index in [9.17, 15) is 45.6 Å². The fourth-order valence-electron chi connectivity index (χ4n) is 7.31. The van der Waals surface area contributed by atoms with Crippen LogP contribution >= 0.6 is 0 Å². The molecular weight excluding hydrogens is 787 g/mol. The average molecular weight is 870 g/mol. The van der Waals surface area contributed by atoms with Crippen molar-refractivity contribution in [3.8, 4) is 0 Å². The van der Waals surface area contributed by atoms with E-state index in [1.165, 1.54) is 51.4 Å². The molecule has 61 heavy (non-hydrogen) atoms. The summed E-state index contributed by atoms with van der Waals surface area (Å²) in [5, 5.41) is 86.4. The van der Waals surface area contributed by atoms with Crippen molar-refractivity contribution in [2.75, 3.05) is 19.8 Å². The zero-order valence-corrected chi connectivity index (χ0v) is 37.1. The Morgan fingerprint density at radius 3 is 1.61 bits per heavy atom. The summed E-state index contributed by atoms with van der Waals surface area (Å²) in [6.07, 6.45) is 21.6. The average Bonchev–Trinajstić information content (AvgIpc) is 3.26. The second-order valence-electron chi connectivity index (χ2n) is 16.5. The van der Waals surface area contributed by atoms with Crippen molar-refractivity contribution >= 4 is 5.91 Å². The van der Waals surface area contributed by atoms with Crippen molar-refractivity contribution < 1.29 is 64.6 Å². The quantitative estimate of drug-likeness (QED) is 0.0309. The van der Waals surface area contributed by atoms with Crippen LogP contribution in [0.25, 0.3) is 0 Å². The fraction of sp³-hybridized carbons (Fsp3) is 0.809. The fourth-order valence-corrected chi connectivity index (χ4v) is 7.31. The molecule has 12 atom stereocenters. The Morgan fingerprint density at radius 1 is 0.574 bits per heavy atom. The minimum Gasteiger partial charge on any atom is -0.394 e. The number of rotatable bonds is 34. The lowest BCUT2D eigenvalue weighted by molar-refractivity contribution is -0.359. The number of nitrogens with one attached hydrogen (secondary N) is 1. The van der Waals surface area contributed by atoms with E-state index in [-0.39, 0.29) is 18.9 Å². The van der Waals surface area contributed by atoms with Gasteiger partial charge in [-0.3, -0.25) is 4.79 Å². The van der Waals surface area contributed by atoms with Crippen LogP contribution in [0.5, 0.6) is 0 Å². The van der Waals surface area contributed by atoms with E-state index >= 15 is 0 Å². The third kappa shape index (κ3) is 22.4. The van der Waals surface area contributed by atoms with Crippen molar-refractivity contribution in [1.29, 1.82) is 0 Å². The molecule has 0 bridgehead atoms. The molecular formula is C47H83NO13. The first-order valence-electron chi connectivity index (χ1n) is 23.4. The van der Waals surface area contributed by atoms with Crippen molar-refractivity contribution in [1.82, 2.24) is 5.32 Å². The highest BCUT2D eigenvalue weighted by Crippen LogP contribution is 2.30. The van der Waals surface area contributed by atoms with Crippen LogP contribution in [0.4, 0.5) is 0 Å². The Labute approximate surface area is 365 Å². The van der Waals surface area contributed by atoms with Gasteiger partial charge in [-0.05, 0) is 70.6 Å². The molecule has 14 heteroatoms. The number of allylic oxidation sites excluding steroid dienone is 7. The molecule has 0 aromatic heterocycles. The third-order valence-electron chi connectivity index (χ3n) is 11.2. The van der Waals surface area contributed by atoms with Gasteiger partial charge in [-0.1, -0.05) is 120 Å². The molecule has 2 aliphatic rings. The number of carbonyl (C=O) groups excluding carboxylic acids is 1. The van der Waals surface area contributed by atoms with E-state index in [1.54, 1.807) is 6.08 Å². The van der Waals surface area contributed by atoms with E-state index in [0.717, 1.165) is 64.2 Å². The number of unbranched alkanes of at least 4 members (excludes halogenated alkanes) is 15. The molecule has 2 rings (SSSR count). The monoisotopic (exact) mass is 870 g/mol. The summed E-state index contributed by atoms with van der Waals surface area (Å²) in [6.45, 7) is 2.68. The lowest BCUT2D eigenvalue weighted by Gasteiger charge is -2.46. The molecule has 2 fully saturated rings. The Kier molecular flexibility index (Phi) is 31.0. The second kappa shape index (κ2) is 34.4. The molecule has 0 aromatic carbocycles. The van der Waals surface area contributed by atoms with E-state index in [4.69, 9.17) is 18.9 Å². The molecule has 354 valence electrons. The number of carbonyl (C=O) groups is 1. The first-order chi connectivity index (χ1) is 29.6. The lowest BCUT2D eigenvalue weighted by Crippen LogP contribution is -2.65. The summed E-state index contributed by atoms with van der Waals surface area (Å²) in [6, 6.07) is -0.939. The standard InChI is InChI=1S/C47H83NO13/c1-3-5-7-9-11-13-15-17-19-20-22-24-26-28-30-36(51)35(48-39(52)31-29-27-25-23-21-18-16-14-12-10-8-6-4-2)34-58-46-44(57)42(55)45(38(33-50)60-46)61-47-43(56)41(54)40(53)37(32-49)59-47/h13-16,20,22,28,30,35-38,40-47,49-51,53-57H,3-12,17-19,21,23-27,29,31-34H2,1-2H3,(H,48,52)/b15-13+,16-14-,22-20+,30-28+. The number of amides is 1. The molecule has 2 saturated heterocycles. The van der Waals surface area contributed by atoms with E-state index < -0.39 is 86.8 Å². The highest BCUT2D eigenvalue weighted by Gasteiger charge is 2.50. The number of hydrogen-bond donors (Lipinski definition) is 9. The largest absolute Gasteiger partial charge is 0.394 e. The van der Waals surface area contributed by atoms with Gasteiger partial charge in [0.25, 0.3) is 0 Å². The molecule has 1 amide bonds. The molecule has 2 aliphatic heterocycles. The van der Waals surface area contributed by atoms with Crippen LogP contribution in [0.3, 0.4) is 0 Å². The van der Waals surface area contributed by atoms with Crippen molar-refractivity contribution in [2.45, 2.75) is 222 Å². The number of hydrogen-bond acceptors (Lipinski definition) is 13. The molecule has 0 aromatic rings. The maximum Gasteiger partial charge on any atom is 0.220 e. The van der Waals surface area contributed by atoms with Gasteiger partial charge in [0.05, 0.1) is 32.0 Å². The first-order valence-corrected chi connectivity index (χ1v) is 23.4. The van der Waals surface area contributed by atoms with E-state index in [0.29, 0.717) is 12.8 Å². The molecule has 12 unspecified atom stereocenters. The predicted molar refractivity (Wildman–Crippen MR) is 235 cm³/mol. The van der Waals surface area contributed by atoms with Gasteiger partial charge in [-0.2, -0.15) is 0 Å². The summed E-state index contributed by atoms with van der Waals surface area (Å²) in [4.78, 5) is 13.1. The number of ether oxygens (including phenoxy) is 4. The van der Waals surface area contributed by atoms with Gasteiger partial charge in [-0.25, -0.2) is 0 Å². The van der Waals surface area contributed by atoms with Crippen LogP contribution in [0.15, 0.2) is 48.6 Å². The number of aliphatic hydroxyl groups excluding tert-OH is 8. The zero-order chi connectivity index (χ0) is 44.7. The Balaban J connectivity index is 1.93. The second-order valence-corrected chi connectivity index (χ2v) is 16.5. The van der Waals surface area contributed by atoms with Gasteiger partial charge in [0, 0.05) is 6.42 Å². The lowest BCUT2D eigenvalue weighted by atomic mass is 9.97. The van der Waals surface area contributed by atoms with E-state index in [1.807, 2.05) is 6.08 Å². The first kappa shape index (κ1) is 55.1. The predicted octanol–water partition coefficient (Wildman–Crippen LogP) is 4.93. The highest BCUT2D eigenvalue weighted by atomic mass is 16.7. The number of aliphatic hydroxyl groups is 8. The van der Waals surface area contributed by atoms with Crippen molar-refractivity contribution in [3.63, 3.8) is 0 Å². The van der Waals surface area contributed by atoms with Crippen molar-refractivity contribution in [2.24, 2.45) is 0 Å². The van der Waals surface area contributed by atoms with Crippen LogP contribution in [-0.2, 0) is 23.7 Å². The molecule has 0 radical (unpaired) electrons. The van der Waals surface area contributed by atoms with Gasteiger partial charge in [0.1, 0.15) is 48.8 Å². The minimum atomic E-state index is -1.79. The third-order valence-corrected chi connectivity index (χ3v) is 11.2. The molecule has 0 spiro atoms. The minimum absolute atomic E-state index is 0.258.